The van der Waals surface area contributed by atoms with E-state index in [0.29, 0.717) is 6.42 Å². The van der Waals surface area contributed by atoms with E-state index in [9.17, 15) is 17.6 Å². The molecule has 1 aromatic carbocycles. The smallest absolute Gasteiger partial charge is 0.335 e. The molecule has 0 saturated heterocycles. The van der Waals surface area contributed by atoms with Gasteiger partial charge in [-0.05, 0) is 18.2 Å². The lowest BCUT2D eigenvalue weighted by Gasteiger charge is -2.04. The van der Waals surface area contributed by atoms with Gasteiger partial charge in [0, 0.05) is 6.42 Å². The summed E-state index contributed by atoms with van der Waals surface area (Å²) in [5.41, 5.74) is -0.324. The number of halogens is 1. The number of carbonyl (C=O) groups is 1. The fraction of sp³-hybridized carbons (Fsp3) is 0.250. The highest BCUT2D eigenvalue weighted by molar-refractivity contribution is 7.90. The first kappa shape index (κ1) is 15.1. The van der Waals surface area contributed by atoms with Crippen LogP contribution in [0.2, 0.25) is 0 Å². The van der Waals surface area contributed by atoms with Crippen molar-refractivity contribution in [2.24, 2.45) is 0 Å². The lowest BCUT2D eigenvalue weighted by atomic mass is 10.2. The zero-order valence-corrected chi connectivity index (χ0v) is 11.7. The Morgan fingerprint density at radius 1 is 1.33 bits per heavy atom. The summed E-state index contributed by atoms with van der Waals surface area (Å²) >= 11 is 0. The first-order chi connectivity index (χ1) is 9.83. The number of sulfone groups is 1. The fourth-order valence-electron chi connectivity index (χ4n) is 1.60. The van der Waals surface area contributed by atoms with Gasteiger partial charge in [0.1, 0.15) is 16.5 Å². The van der Waals surface area contributed by atoms with Gasteiger partial charge in [0.25, 0.3) is 0 Å². The van der Waals surface area contributed by atoms with Gasteiger partial charge in [0.2, 0.25) is 11.8 Å². The third kappa shape index (κ3) is 3.24. The maximum absolute atomic E-state index is 13.7. The van der Waals surface area contributed by atoms with Gasteiger partial charge in [0.05, 0.1) is 5.56 Å². The largest absolute Gasteiger partial charge is 0.478 e. The molecule has 0 saturated carbocycles. The molecule has 21 heavy (non-hydrogen) atoms. The number of aryl methyl sites for hydroxylation is 1. The second kappa shape index (κ2) is 5.60. The van der Waals surface area contributed by atoms with Crippen molar-refractivity contribution in [3.8, 4) is 0 Å². The Labute approximate surface area is 119 Å². The van der Waals surface area contributed by atoms with Crippen LogP contribution in [-0.2, 0) is 22.0 Å². The van der Waals surface area contributed by atoms with Crippen LogP contribution in [0.15, 0.2) is 27.5 Å². The van der Waals surface area contributed by atoms with Gasteiger partial charge in [-0.2, -0.15) is 0 Å². The Bertz CT molecular complexity index is 785. The van der Waals surface area contributed by atoms with E-state index in [1.54, 1.807) is 6.92 Å². The highest BCUT2D eigenvalue weighted by atomic mass is 32.2. The zero-order chi connectivity index (χ0) is 15.6. The molecule has 0 aliphatic carbocycles. The number of rotatable bonds is 5. The predicted octanol–water partition coefficient (Wildman–Crippen LogP) is 1.44. The van der Waals surface area contributed by atoms with Crippen LogP contribution in [0.25, 0.3) is 0 Å². The topological polar surface area (TPSA) is 110 Å². The number of nitrogens with zero attached hydrogens (tertiary/aromatic N) is 2. The summed E-state index contributed by atoms with van der Waals surface area (Å²) in [5.74, 6) is -2.99. The summed E-state index contributed by atoms with van der Waals surface area (Å²) in [7, 11) is -4.13. The van der Waals surface area contributed by atoms with E-state index in [1.165, 1.54) is 0 Å². The maximum Gasteiger partial charge on any atom is 0.335 e. The Kier molecular flexibility index (Phi) is 4.03. The zero-order valence-electron chi connectivity index (χ0n) is 10.9. The lowest BCUT2D eigenvalue weighted by Crippen LogP contribution is -2.09. The Hall–Kier alpha value is -2.29. The molecule has 0 fully saturated rings. The number of hydrogen-bond acceptors (Lipinski definition) is 6. The van der Waals surface area contributed by atoms with Crippen LogP contribution in [0.1, 0.15) is 29.1 Å². The molecule has 0 radical (unpaired) electrons. The SMILES string of the molecule is CCc1nnc(CS(=O)(=O)c2cc(C(=O)O)ccc2F)o1. The minimum absolute atomic E-state index is 0.174. The third-order valence-corrected chi connectivity index (χ3v) is 4.25. The quantitative estimate of drug-likeness (QED) is 0.889. The number of hydrogen-bond donors (Lipinski definition) is 1. The van der Waals surface area contributed by atoms with Gasteiger partial charge < -0.3 is 9.52 Å². The molecule has 2 rings (SSSR count). The molecule has 0 aliphatic heterocycles. The van der Waals surface area contributed by atoms with E-state index >= 15 is 0 Å². The summed E-state index contributed by atoms with van der Waals surface area (Å²) in [6, 6.07) is 2.55. The predicted molar refractivity (Wildman–Crippen MR) is 67.9 cm³/mol. The molecule has 1 aromatic heterocycles. The van der Waals surface area contributed by atoms with E-state index in [1.807, 2.05) is 0 Å². The van der Waals surface area contributed by atoms with Crippen molar-refractivity contribution in [3.05, 3.63) is 41.4 Å². The molecular weight excluding hydrogens is 303 g/mol. The molecule has 7 nitrogen and oxygen atoms in total. The average molecular weight is 314 g/mol. The van der Waals surface area contributed by atoms with Crippen molar-refractivity contribution in [1.82, 2.24) is 10.2 Å². The van der Waals surface area contributed by atoms with Gasteiger partial charge in [-0.15, -0.1) is 10.2 Å². The minimum atomic E-state index is -4.13. The Morgan fingerprint density at radius 3 is 2.57 bits per heavy atom. The van der Waals surface area contributed by atoms with Gasteiger partial charge in [-0.3, -0.25) is 0 Å². The van der Waals surface area contributed by atoms with Crippen LogP contribution in [0.4, 0.5) is 4.39 Å². The van der Waals surface area contributed by atoms with Crippen molar-refractivity contribution in [2.75, 3.05) is 0 Å². The van der Waals surface area contributed by atoms with Gasteiger partial charge >= 0.3 is 5.97 Å². The van der Waals surface area contributed by atoms with Gasteiger partial charge in [-0.25, -0.2) is 17.6 Å². The summed E-state index contributed by atoms with van der Waals surface area (Å²) < 4.78 is 43.0. The monoisotopic (exact) mass is 314 g/mol. The van der Waals surface area contributed by atoms with Crippen molar-refractivity contribution in [1.29, 1.82) is 0 Å². The summed E-state index contributed by atoms with van der Waals surface area (Å²) in [5, 5.41) is 16.0. The summed E-state index contributed by atoms with van der Waals surface area (Å²) in [4.78, 5) is 10.1. The van der Waals surface area contributed by atoms with Crippen molar-refractivity contribution in [2.45, 2.75) is 24.0 Å². The number of aromatic nitrogens is 2. The molecule has 0 aliphatic rings. The summed E-state index contributed by atoms with van der Waals surface area (Å²) in [6.07, 6.45) is 0.440. The first-order valence-corrected chi connectivity index (χ1v) is 7.55. The molecule has 0 spiro atoms. The number of carboxylic acids is 1. The molecule has 0 amide bonds. The lowest BCUT2D eigenvalue weighted by molar-refractivity contribution is 0.0696. The molecular formula is C12H11FN2O5S. The van der Waals surface area contributed by atoms with Gasteiger partial charge in [-0.1, -0.05) is 6.92 Å². The van der Waals surface area contributed by atoms with Crippen LogP contribution < -0.4 is 0 Å². The minimum Gasteiger partial charge on any atom is -0.478 e. The van der Waals surface area contributed by atoms with Crippen LogP contribution in [0.5, 0.6) is 0 Å². The maximum atomic E-state index is 13.7. The second-order valence-corrected chi connectivity index (χ2v) is 6.11. The molecule has 1 N–H and O–H groups in total. The Morgan fingerprint density at radius 2 is 2.00 bits per heavy atom. The van der Waals surface area contributed by atoms with E-state index in [4.69, 9.17) is 9.52 Å². The second-order valence-electron chi connectivity index (χ2n) is 4.15. The van der Waals surface area contributed by atoms with E-state index in [2.05, 4.69) is 10.2 Å². The van der Waals surface area contributed by atoms with Crippen LogP contribution in [0.3, 0.4) is 0 Å². The number of carboxylic acid groups (broad SMARTS) is 1. The number of benzene rings is 1. The Balaban J connectivity index is 2.39. The molecule has 0 atom stereocenters. The molecule has 0 bridgehead atoms. The molecule has 9 heteroatoms. The molecule has 112 valence electrons. The molecule has 2 aromatic rings. The van der Waals surface area contributed by atoms with Crippen LogP contribution in [-0.4, -0.2) is 29.7 Å². The standard InChI is InChI=1S/C12H11FN2O5S/c1-2-10-14-15-11(20-10)6-21(18,19)9-5-7(12(16)17)3-4-8(9)13/h3-5H,2,6H2,1H3,(H,16,17). The fourth-order valence-corrected chi connectivity index (χ4v) is 2.87. The third-order valence-electron chi connectivity index (χ3n) is 2.64. The number of aromatic carboxylic acids is 1. The normalized spacial score (nSPS) is 11.5. The van der Waals surface area contributed by atoms with E-state index in [-0.39, 0.29) is 17.3 Å². The van der Waals surface area contributed by atoms with Crippen LogP contribution >= 0.6 is 0 Å². The van der Waals surface area contributed by atoms with Gasteiger partial charge in [0.15, 0.2) is 9.84 Å². The van der Waals surface area contributed by atoms with E-state index in [0.717, 1.165) is 18.2 Å². The highest BCUT2D eigenvalue weighted by Gasteiger charge is 2.24. The van der Waals surface area contributed by atoms with Crippen molar-refractivity contribution < 1.29 is 27.1 Å². The molecule has 0 unspecified atom stereocenters. The van der Waals surface area contributed by atoms with Crippen LogP contribution in [0, 0.1) is 5.82 Å². The first-order valence-electron chi connectivity index (χ1n) is 5.90. The average Bonchev–Trinajstić information content (AvgIpc) is 2.85. The van der Waals surface area contributed by atoms with Crippen molar-refractivity contribution >= 4 is 15.8 Å². The highest BCUT2D eigenvalue weighted by Crippen LogP contribution is 2.21. The van der Waals surface area contributed by atoms with Crippen molar-refractivity contribution in [3.63, 3.8) is 0 Å². The summed E-state index contributed by atoms with van der Waals surface area (Å²) in [6.45, 7) is 1.75. The van der Waals surface area contributed by atoms with E-state index < -0.39 is 32.3 Å². The molecule has 1 heterocycles.